The molecule has 1 aromatic heterocycles. The van der Waals surface area contributed by atoms with Crippen molar-refractivity contribution >= 4 is 11.6 Å². The fraction of sp³-hybridized carbons (Fsp3) is 0.643. The van der Waals surface area contributed by atoms with Crippen LogP contribution in [0.2, 0.25) is 0 Å². The number of anilines is 2. The highest BCUT2D eigenvalue weighted by atomic mass is 15.1. The highest BCUT2D eigenvalue weighted by Crippen LogP contribution is 2.21. The number of nitrogens with zero attached hydrogens (tertiary/aromatic N) is 3. The van der Waals surface area contributed by atoms with Gasteiger partial charge < -0.3 is 10.6 Å². The average molecular weight is 259 g/mol. The number of nitriles is 1. The van der Waals surface area contributed by atoms with Crippen LogP contribution in [-0.4, -0.2) is 22.6 Å². The van der Waals surface area contributed by atoms with Crippen LogP contribution in [0, 0.1) is 18.3 Å². The number of nitrogens with one attached hydrogen (secondary N) is 2. The molecule has 1 fully saturated rings. The van der Waals surface area contributed by atoms with Gasteiger partial charge >= 0.3 is 0 Å². The lowest BCUT2D eigenvalue weighted by molar-refractivity contribution is 0.617. The van der Waals surface area contributed by atoms with Crippen molar-refractivity contribution in [3.63, 3.8) is 0 Å². The fourth-order valence-electron chi connectivity index (χ4n) is 2.50. The molecule has 1 aliphatic carbocycles. The third kappa shape index (κ3) is 4.40. The van der Waals surface area contributed by atoms with Gasteiger partial charge in [0.2, 0.25) is 0 Å². The molecule has 0 unspecified atom stereocenters. The smallest absolute Gasteiger partial charge is 0.132 e. The Morgan fingerprint density at radius 1 is 1.21 bits per heavy atom. The maximum Gasteiger partial charge on any atom is 0.132 e. The van der Waals surface area contributed by atoms with E-state index in [1.54, 1.807) is 0 Å². The van der Waals surface area contributed by atoms with Gasteiger partial charge in [-0.15, -0.1) is 0 Å². The van der Waals surface area contributed by atoms with E-state index in [0.717, 1.165) is 11.6 Å². The number of hydrogen-bond acceptors (Lipinski definition) is 5. The van der Waals surface area contributed by atoms with Crippen molar-refractivity contribution in [3.05, 3.63) is 11.9 Å². The van der Waals surface area contributed by atoms with E-state index < -0.39 is 0 Å². The predicted octanol–water partition coefficient (Wildman–Crippen LogP) is 2.86. The van der Waals surface area contributed by atoms with Crippen molar-refractivity contribution in [2.45, 2.75) is 51.5 Å². The lowest BCUT2D eigenvalue weighted by Crippen LogP contribution is -2.19. The van der Waals surface area contributed by atoms with Gasteiger partial charge in [-0.2, -0.15) is 5.26 Å². The summed E-state index contributed by atoms with van der Waals surface area (Å²) in [5.41, 5.74) is 0. The number of aromatic nitrogens is 2. The molecular formula is C14H21N5. The molecule has 0 spiro atoms. The first-order chi connectivity index (χ1) is 9.28. The summed E-state index contributed by atoms with van der Waals surface area (Å²) >= 11 is 0. The van der Waals surface area contributed by atoms with Crippen LogP contribution in [0.4, 0.5) is 11.6 Å². The topological polar surface area (TPSA) is 73.6 Å². The monoisotopic (exact) mass is 259 g/mol. The van der Waals surface area contributed by atoms with Crippen molar-refractivity contribution in [3.8, 4) is 6.07 Å². The molecule has 5 nitrogen and oxygen atoms in total. The van der Waals surface area contributed by atoms with Crippen molar-refractivity contribution in [1.82, 2.24) is 9.97 Å². The predicted molar refractivity (Wildman–Crippen MR) is 76.0 cm³/mol. The molecule has 0 saturated heterocycles. The molecule has 1 aromatic rings. The SMILES string of the molecule is Cc1nc(NCC#N)cc(NC2CCCCCC2)n1. The van der Waals surface area contributed by atoms with E-state index in [9.17, 15) is 0 Å². The molecular weight excluding hydrogens is 238 g/mol. The maximum absolute atomic E-state index is 8.59. The van der Waals surface area contributed by atoms with Crippen molar-refractivity contribution in [1.29, 1.82) is 5.26 Å². The molecule has 19 heavy (non-hydrogen) atoms. The Morgan fingerprint density at radius 2 is 1.89 bits per heavy atom. The summed E-state index contributed by atoms with van der Waals surface area (Å²) in [4.78, 5) is 8.69. The van der Waals surface area contributed by atoms with E-state index in [2.05, 4.69) is 26.7 Å². The third-order valence-corrected chi connectivity index (χ3v) is 3.39. The molecule has 0 atom stereocenters. The van der Waals surface area contributed by atoms with Crippen molar-refractivity contribution in [2.24, 2.45) is 0 Å². The van der Waals surface area contributed by atoms with Gasteiger partial charge in [-0.3, -0.25) is 0 Å². The molecule has 1 saturated carbocycles. The Bertz CT molecular complexity index is 444. The molecule has 0 aromatic carbocycles. The fourth-order valence-corrected chi connectivity index (χ4v) is 2.50. The van der Waals surface area contributed by atoms with E-state index in [0.29, 0.717) is 11.9 Å². The molecule has 1 aliphatic rings. The third-order valence-electron chi connectivity index (χ3n) is 3.39. The van der Waals surface area contributed by atoms with Crippen LogP contribution in [0.25, 0.3) is 0 Å². The van der Waals surface area contributed by atoms with Crippen LogP contribution in [0.5, 0.6) is 0 Å². The minimum atomic E-state index is 0.263. The summed E-state index contributed by atoms with van der Waals surface area (Å²) in [5, 5.41) is 15.1. The van der Waals surface area contributed by atoms with Crippen LogP contribution in [-0.2, 0) is 0 Å². The molecule has 0 bridgehead atoms. The first kappa shape index (κ1) is 13.6. The summed E-state index contributed by atoms with van der Waals surface area (Å²) in [7, 11) is 0. The second kappa shape index (κ2) is 6.93. The Balaban J connectivity index is 2.02. The molecule has 0 radical (unpaired) electrons. The molecule has 2 rings (SSSR count). The zero-order valence-corrected chi connectivity index (χ0v) is 11.4. The van der Waals surface area contributed by atoms with Gasteiger partial charge in [0.05, 0.1) is 6.07 Å². The van der Waals surface area contributed by atoms with Gasteiger partial charge in [0.15, 0.2) is 0 Å². The Morgan fingerprint density at radius 3 is 2.58 bits per heavy atom. The van der Waals surface area contributed by atoms with Crippen LogP contribution in [0.15, 0.2) is 6.07 Å². The highest BCUT2D eigenvalue weighted by molar-refractivity contribution is 5.48. The zero-order chi connectivity index (χ0) is 13.5. The van der Waals surface area contributed by atoms with Gasteiger partial charge in [-0.1, -0.05) is 25.7 Å². The van der Waals surface area contributed by atoms with E-state index in [4.69, 9.17) is 5.26 Å². The van der Waals surface area contributed by atoms with Gasteiger partial charge in [0.25, 0.3) is 0 Å². The Labute approximate surface area is 114 Å². The van der Waals surface area contributed by atoms with Gasteiger partial charge in [0, 0.05) is 12.1 Å². The van der Waals surface area contributed by atoms with E-state index >= 15 is 0 Å². The largest absolute Gasteiger partial charge is 0.367 e. The van der Waals surface area contributed by atoms with Crippen molar-refractivity contribution < 1.29 is 0 Å². The molecule has 102 valence electrons. The number of aryl methyl sites for hydroxylation is 1. The van der Waals surface area contributed by atoms with Gasteiger partial charge in [-0.25, -0.2) is 9.97 Å². The quantitative estimate of drug-likeness (QED) is 0.642. The summed E-state index contributed by atoms with van der Waals surface area (Å²) < 4.78 is 0. The molecule has 2 N–H and O–H groups in total. The molecule has 0 aliphatic heterocycles. The lowest BCUT2D eigenvalue weighted by Gasteiger charge is -2.17. The van der Waals surface area contributed by atoms with E-state index in [-0.39, 0.29) is 6.54 Å². The number of rotatable bonds is 4. The van der Waals surface area contributed by atoms with Gasteiger partial charge in [0.1, 0.15) is 24.0 Å². The van der Waals surface area contributed by atoms with Gasteiger partial charge in [-0.05, 0) is 19.8 Å². The van der Waals surface area contributed by atoms with Crippen LogP contribution >= 0.6 is 0 Å². The van der Waals surface area contributed by atoms with Crippen molar-refractivity contribution in [2.75, 3.05) is 17.2 Å². The van der Waals surface area contributed by atoms with E-state index in [1.165, 1.54) is 38.5 Å². The maximum atomic E-state index is 8.59. The summed E-state index contributed by atoms with van der Waals surface area (Å²) in [6, 6.07) is 4.45. The summed E-state index contributed by atoms with van der Waals surface area (Å²) in [6.07, 6.45) is 7.70. The van der Waals surface area contributed by atoms with E-state index in [1.807, 2.05) is 13.0 Å². The second-order valence-electron chi connectivity index (χ2n) is 5.03. The normalized spacial score (nSPS) is 16.4. The first-order valence-corrected chi connectivity index (χ1v) is 7.01. The minimum Gasteiger partial charge on any atom is -0.367 e. The van der Waals surface area contributed by atoms with Crippen LogP contribution in [0.3, 0.4) is 0 Å². The first-order valence-electron chi connectivity index (χ1n) is 7.01. The second-order valence-corrected chi connectivity index (χ2v) is 5.03. The van der Waals surface area contributed by atoms with Crippen LogP contribution < -0.4 is 10.6 Å². The van der Waals surface area contributed by atoms with Crippen LogP contribution in [0.1, 0.15) is 44.3 Å². The summed E-state index contributed by atoms with van der Waals surface area (Å²) in [5.74, 6) is 2.30. The average Bonchev–Trinajstić information content (AvgIpc) is 2.64. The zero-order valence-electron chi connectivity index (χ0n) is 11.4. The molecule has 0 amide bonds. The summed E-state index contributed by atoms with van der Waals surface area (Å²) in [6.45, 7) is 2.13. The standard InChI is InChI=1S/C14H21N5/c1-11-17-13(16-9-8-15)10-14(18-11)19-12-6-4-2-3-5-7-12/h10,12H,2-7,9H2,1H3,(H2,16,17,18,19). The lowest BCUT2D eigenvalue weighted by atomic mass is 10.1. The Kier molecular flexibility index (Phi) is 4.96. The highest BCUT2D eigenvalue weighted by Gasteiger charge is 2.13. The molecule has 1 heterocycles. The minimum absolute atomic E-state index is 0.263. The molecule has 5 heteroatoms. The number of hydrogen-bond donors (Lipinski definition) is 2. The Hall–Kier alpha value is -1.83.